The van der Waals surface area contributed by atoms with Gasteiger partial charge in [0.25, 0.3) is 0 Å². The van der Waals surface area contributed by atoms with Crippen molar-refractivity contribution in [2.24, 2.45) is 0 Å². The summed E-state index contributed by atoms with van der Waals surface area (Å²) in [5, 5.41) is 1.01. The van der Waals surface area contributed by atoms with Gasteiger partial charge in [-0.05, 0) is 19.1 Å². The van der Waals surface area contributed by atoms with Crippen molar-refractivity contribution in [1.29, 1.82) is 0 Å². The highest BCUT2D eigenvalue weighted by Crippen LogP contribution is 2.29. The molecule has 0 saturated carbocycles. The smallest absolute Gasteiger partial charge is 0.227 e. The maximum atomic E-state index is 5.81. The lowest BCUT2D eigenvalue weighted by Gasteiger charge is -2.09. The zero-order valence-corrected chi connectivity index (χ0v) is 10.4. The minimum Gasteiger partial charge on any atom is -0.436 e. The molecule has 2 N–H and O–H groups in total. The van der Waals surface area contributed by atoms with Gasteiger partial charge < -0.3 is 10.5 Å². The van der Waals surface area contributed by atoms with Gasteiger partial charge >= 0.3 is 0 Å². The highest BCUT2D eigenvalue weighted by Gasteiger charge is 2.09. The molecule has 0 saturated heterocycles. The minimum atomic E-state index is 0.415. The Bertz CT molecular complexity index is 737. The maximum Gasteiger partial charge on any atom is 0.227 e. The Morgan fingerprint density at radius 1 is 1.05 bits per heavy atom. The molecule has 0 bridgehead atoms. The van der Waals surface area contributed by atoms with Crippen LogP contribution in [0.2, 0.25) is 0 Å². The SMILES string of the molecule is Cc1c(N)ncnc1Oc1cccc2cccnc12. The van der Waals surface area contributed by atoms with Gasteiger partial charge in [0, 0.05) is 11.6 Å². The number of nitrogens with zero attached hydrogens (tertiary/aromatic N) is 3. The molecule has 0 radical (unpaired) electrons. The number of benzene rings is 1. The second kappa shape index (κ2) is 4.53. The van der Waals surface area contributed by atoms with Gasteiger partial charge in [0.05, 0.1) is 5.56 Å². The highest BCUT2D eigenvalue weighted by molar-refractivity contribution is 5.84. The van der Waals surface area contributed by atoms with Crippen molar-refractivity contribution in [3.8, 4) is 11.6 Å². The van der Waals surface area contributed by atoms with Crippen LogP contribution in [0.5, 0.6) is 11.6 Å². The van der Waals surface area contributed by atoms with Crippen LogP contribution in [0.3, 0.4) is 0 Å². The Labute approximate surface area is 110 Å². The second-order valence-corrected chi connectivity index (χ2v) is 4.12. The summed E-state index contributed by atoms with van der Waals surface area (Å²) in [7, 11) is 0. The van der Waals surface area contributed by atoms with Crippen LogP contribution in [0.1, 0.15) is 5.56 Å². The molecule has 2 aromatic heterocycles. The minimum absolute atomic E-state index is 0.415. The predicted octanol–water partition coefficient (Wildman–Crippen LogP) is 2.71. The molecule has 0 amide bonds. The van der Waals surface area contributed by atoms with E-state index in [0.717, 1.165) is 16.5 Å². The van der Waals surface area contributed by atoms with Crippen molar-refractivity contribution in [2.45, 2.75) is 6.92 Å². The molecule has 19 heavy (non-hydrogen) atoms. The molecule has 0 atom stereocenters. The van der Waals surface area contributed by atoms with Crippen LogP contribution in [0.15, 0.2) is 42.9 Å². The first-order valence-electron chi connectivity index (χ1n) is 5.84. The third-order valence-corrected chi connectivity index (χ3v) is 2.88. The lowest BCUT2D eigenvalue weighted by atomic mass is 10.2. The standard InChI is InChI=1S/C14H12N4O/c1-9-13(15)17-8-18-14(9)19-11-6-2-4-10-5-3-7-16-12(10)11/h2-8H,1H3,(H2,15,17,18). The molecule has 0 unspecified atom stereocenters. The van der Waals surface area contributed by atoms with E-state index in [1.165, 1.54) is 6.33 Å². The number of rotatable bonds is 2. The molecule has 0 aliphatic heterocycles. The average molecular weight is 252 g/mol. The summed E-state index contributed by atoms with van der Waals surface area (Å²) in [4.78, 5) is 12.3. The van der Waals surface area contributed by atoms with E-state index >= 15 is 0 Å². The Balaban J connectivity index is 2.09. The molecule has 1 aromatic carbocycles. The van der Waals surface area contributed by atoms with E-state index in [4.69, 9.17) is 10.5 Å². The second-order valence-electron chi connectivity index (χ2n) is 4.12. The molecular weight excluding hydrogens is 240 g/mol. The molecule has 5 nitrogen and oxygen atoms in total. The van der Waals surface area contributed by atoms with Gasteiger partial charge in [-0.15, -0.1) is 0 Å². The number of pyridine rings is 1. The number of fused-ring (bicyclic) bond motifs is 1. The van der Waals surface area contributed by atoms with Gasteiger partial charge in [-0.25, -0.2) is 9.97 Å². The summed E-state index contributed by atoms with van der Waals surface area (Å²) in [6.45, 7) is 1.82. The summed E-state index contributed by atoms with van der Waals surface area (Å²) in [5.41, 5.74) is 7.25. The summed E-state index contributed by atoms with van der Waals surface area (Å²) in [6, 6.07) is 9.62. The molecule has 5 heteroatoms. The Hall–Kier alpha value is -2.69. The zero-order chi connectivity index (χ0) is 13.2. The zero-order valence-electron chi connectivity index (χ0n) is 10.4. The number of nitrogen functional groups attached to an aromatic ring is 1. The maximum absolute atomic E-state index is 5.81. The van der Waals surface area contributed by atoms with Crippen LogP contribution < -0.4 is 10.5 Å². The van der Waals surface area contributed by atoms with Crippen LogP contribution in [-0.4, -0.2) is 15.0 Å². The van der Waals surface area contributed by atoms with Crippen LogP contribution in [0.25, 0.3) is 10.9 Å². The van der Waals surface area contributed by atoms with E-state index in [-0.39, 0.29) is 0 Å². The summed E-state index contributed by atoms with van der Waals surface area (Å²) in [5.74, 6) is 1.52. The van der Waals surface area contributed by atoms with Gasteiger partial charge in [-0.3, -0.25) is 4.98 Å². The number of anilines is 1. The molecule has 3 aromatic rings. The van der Waals surface area contributed by atoms with Crippen molar-refractivity contribution < 1.29 is 4.74 Å². The molecular formula is C14H12N4O. The summed E-state index contributed by atoms with van der Waals surface area (Å²) >= 11 is 0. The van der Waals surface area contributed by atoms with Gasteiger partial charge in [0.1, 0.15) is 17.7 Å². The molecule has 0 aliphatic rings. The molecule has 94 valence electrons. The Morgan fingerprint density at radius 2 is 1.89 bits per heavy atom. The number of nitrogens with two attached hydrogens (primary N) is 1. The first kappa shape index (κ1) is 11.4. The topological polar surface area (TPSA) is 73.9 Å². The number of ether oxygens (including phenoxy) is 1. The number of aromatic nitrogens is 3. The van der Waals surface area contributed by atoms with E-state index in [0.29, 0.717) is 17.4 Å². The fraction of sp³-hybridized carbons (Fsp3) is 0.0714. The lowest BCUT2D eigenvalue weighted by molar-refractivity contribution is 0.462. The summed E-state index contributed by atoms with van der Waals surface area (Å²) in [6.07, 6.45) is 3.12. The third-order valence-electron chi connectivity index (χ3n) is 2.88. The van der Waals surface area contributed by atoms with E-state index < -0.39 is 0 Å². The number of hydrogen-bond donors (Lipinski definition) is 1. The van der Waals surface area contributed by atoms with E-state index in [9.17, 15) is 0 Å². The van der Waals surface area contributed by atoms with Crippen LogP contribution in [0, 0.1) is 6.92 Å². The van der Waals surface area contributed by atoms with E-state index in [2.05, 4.69) is 15.0 Å². The Kier molecular flexibility index (Phi) is 2.72. The largest absolute Gasteiger partial charge is 0.436 e. The summed E-state index contributed by atoms with van der Waals surface area (Å²) < 4.78 is 5.81. The quantitative estimate of drug-likeness (QED) is 0.759. The van der Waals surface area contributed by atoms with Crippen molar-refractivity contribution >= 4 is 16.7 Å². The van der Waals surface area contributed by atoms with Gasteiger partial charge in [-0.2, -0.15) is 0 Å². The van der Waals surface area contributed by atoms with Crippen molar-refractivity contribution in [3.63, 3.8) is 0 Å². The van der Waals surface area contributed by atoms with Crippen molar-refractivity contribution in [3.05, 3.63) is 48.4 Å². The predicted molar refractivity (Wildman–Crippen MR) is 73.0 cm³/mol. The number of para-hydroxylation sites is 1. The van der Waals surface area contributed by atoms with E-state index in [1.807, 2.05) is 37.3 Å². The molecule has 0 fully saturated rings. The fourth-order valence-electron chi connectivity index (χ4n) is 1.81. The molecule has 0 aliphatic carbocycles. The van der Waals surface area contributed by atoms with Crippen LogP contribution in [-0.2, 0) is 0 Å². The highest BCUT2D eigenvalue weighted by atomic mass is 16.5. The van der Waals surface area contributed by atoms with Crippen molar-refractivity contribution in [2.75, 3.05) is 5.73 Å². The third kappa shape index (κ3) is 2.06. The Morgan fingerprint density at radius 3 is 2.79 bits per heavy atom. The monoisotopic (exact) mass is 252 g/mol. The molecule has 0 spiro atoms. The molecule has 2 heterocycles. The number of hydrogen-bond acceptors (Lipinski definition) is 5. The first-order valence-corrected chi connectivity index (χ1v) is 5.84. The van der Waals surface area contributed by atoms with Crippen LogP contribution >= 0.6 is 0 Å². The first-order chi connectivity index (χ1) is 9.25. The van der Waals surface area contributed by atoms with E-state index in [1.54, 1.807) is 6.20 Å². The van der Waals surface area contributed by atoms with Crippen LogP contribution in [0.4, 0.5) is 5.82 Å². The van der Waals surface area contributed by atoms with Gasteiger partial charge in [-0.1, -0.05) is 18.2 Å². The normalized spacial score (nSPS) is 10.6. The lowest BCUT2D eigenvalue weighted by Crippen LogP contribution is -1.99. The fourth-order valence-corrected chi connectivity index (χ4v) is 1.81. The average Bonchev–Trinajstić information content (AvgIpc) is 2.44. The van der Waals surface area contributed by atoms with Crippen molar-refractivity contribution in [1.82, 2.24) is 15.0 Å². The van der Waals surface area contributed by atoms with Gasteiger partial charge in [0.2, 0.25) is 5.88 Å². The van der Waals surface area contributed by atoms with Gasteiger partial charge in [0.15, 0.2) is 5.75 Å². The molecule has 3 rings (SSSR count).